The maximum Gasteiger partial charge on any atom is 0.148 e. The van der Waals surface area contributed by atoms with E-state index in [1.165, 1.54) is 11.5 Å². The predicted octanol–water partition coefficient (Wildman–Crippen LogP) is 3.38. The Morgan fingerprint density at radius 1 is 1.50 bits per heavy atom. The normalized spacial score (nSPS) is 12.6. The fourth-order valence-corrected chi connectivity index (χ4v) is 3.46. The topological polar surface area (TPSA) is 73.1 Å². The van der Waals surface area contributed by atoms with Crippen LogP contribution in [0.15, 0.2) is 5.38 Å². The van der Waals surface area contributed by atoms with E-state index in [0.29, 0.717) is 12.4 Å². The van der Waals surface area contributed by atoms with E-state index in [-0.39, 0.29) is 6.04 Å². The molecule has 1 unspecified atom stereocenters. The molecule has 2 aromatic heterocycles. The highest BCUT2D eigenvalue weighted by Crippen LogP contribution is 2.37. The molecule has 0 aliphatic carbocycles. The van der Waals surface area contributed by atoms with Crippen molar-refractivity contribution in [3.05, 3.63) is 10.4 Å². The Bertz CT molecular complexity index is 546. The third kappa shape index (κ3) is 3.47. The molecule has 2 rings (SSSR count). The molecule has 0 aromatic carbocycles. The summed E-state index contributed by atoms with van der Waals surface area (Å²) in [4.78, 5) is 4.51. The van der Waals surface area contributed by atoms with Crippen LogP contribution in [-0.4, -0.2) is 29.1 Å². The van der Waals surface area contributed by atoms with E-state index in [9.17, 15) is 0 Å². The van der Waals surface area contributed by atoms with Crippen molar-refractivity contribution in [3.8, 4) is 11.3 Å². The van der Waals surface area contributed by atoms with Crippen LogP contribution in [0.1, 0.15) is 24.8 Å². The summed E-state index contributed by atoms with van der Waals surface area (Å²) in [7, 11) is 1.72. The van der Waals surface area contributed by atoms with Crippen LogP contribution in [0.25, 0.3) is 11.3 Å². The second-order valence-electron chi connectivity index (χ2n) is 4.61. The first kappa shape index (κ1) is 15.2. The molecule has 2 aromatic rings. The van der Waals surface area contributed by atoms with E-state index in [0.717, 1.165) is 34.1 Å². The average Bonchev–Trinajstić information content (AvgIpc) is 2.97. The molecule has 0 spiro atoms. The fourth-order valence-electron chi connectivity index (χ4n) is 2.06. The van der Waals surface area contributed by atoms with E-state index >= 15 is 0 Å². The number of methoxy groups -OCH3 is 1. The van der Waals surface area contributed by atoms with Crippen molar-refractivity contribution in [2.45, 2.75) is 32.7 Å². The van der Waals surface area contributed by atoms with Crippen LogP contribution in [0.4, 0.5) is 10.8 Å². The van der Waals surface area contributed by atoms with E-state index in [4.69, 9.17) is 10.5 Å². The summed E-state index contributed by atoms with van der Waals surface area (Å²) >= 11 is 3.00. The first-order valence-corrected chi connectivity index (χ1v) is 8.24. The molecule has 0 saturated carbocycles. The summed E-state index contributed by atoms with van der Waals surface area (Å²) in [6.07, 6.45) is 2.14. The molecule has 0 bridgehead atoms. The standard InChI is InChI=1S/C13H20N4OS2/c1-4-5-9(6-18-3)16-13-11(12(14)17-20-13)10-7-19-8(2)15-10/h7,9,16H,4-6H2,1-3H3,(H2,14,17). The van der Waals surface area contributed by atoms with E-state index in [1.54, 1.807) is 18.4 Å². The van der Waals surface area contributed by atoms with Crippen LogP contribution in [0.3, 0.4) is 0 Å². The zero-order chi connectivity index (χ0) is 14.5. The van der Waals surface area contributed by atoms with E-state index in [2.05, 4.69) is 21.6 Å². The molecule has 110 valence electrons. The first-order chi connectivity index (χ1) is 9.65. The molecule has 5 nitrogen and oxygen atoms in total. The zero-order valence-electron chi connectivity index (χ0n) is 12.0. The maximum atomic E-state index is 6.00. The van der Waals surface area contributed by atoms with E-state index < -0.39 is 0 Å². The van der Waals surface area contributed by atoms with Gasteiger partial charge in [-0.15, -0.1) is 11.3 Å². The number of aryl methyl sites for hydroxylation is 1. The second-order valence-corrected chi connectivity index (χ2v) is 6.44. The van der Waals surface area contributed by atoms with Gasteiger partial charge in [-0.2, -0.15) is 4.37 Å². The van der Waals surface area contributed by atoms with Crippen LogP contribution in [-0.2, 0) is 4.74 Å². The first-order valence-electron chi connectivity index (χ1n) is 6.58. The summed E-state index contributed by atoms with van der Waals surface area (Å²) in [5.74, 6) is 0.537. The minimum absolute atomic E-state index is 0.267. The van der Waals surface area contributed by atoms with Gasteiger partial charge in [0.25, 0.3) is 0 Å². The number of rotatable bonds is 7. The lowest BCUT2D eigenvalue weighted by Gasteiger charge is -2.17. The highest BCUT2D eigenvalue weighted by atomic mass is 32.1. The number of ether oxygens (including phenoxy) is 1. The number of nitrogens with two attached hydrogens (primary N) is 1. The average molecular weight is 312 g/mol. The molecule has 0 fully saturated rings. The Balaban J connectivity index is 2.24. The van der Waals surface area contributed by atoms with Gasteiger partial charge in [-0.05, 0) is 24.9 Å². The van der Waals surface area contributed by atoms with E-state index in [1.807, 2.05) is 12.3 Å². The molecule has 0 aliphatic rings. The van der Waals surface area contributed by atoms with Crippen molar-refractivity contribution in [2.75, 3.05) is 24.8 Å². The number of aromatic nitrogens is 2. The predicted molar refractivity (Wildman–Crippen MR) is 86.6 cm³/mol. The Morgan fingerprint density at radius 3 is 2.90 bits per heavy atom. The molecule has 0 aliphatic heterocycles. The van der Waals surface area contributed by atoms with Gasteiger partial charge in [-0.25, -0.2) is 4.98 Å². The van der Waals surface area contributed by atoms with Gasteiger partial charge in [0.15, 0.2) is 0 Å². The minimum Gasteiger partial charge on any atom is -0.383 e. The number of anilines is 2. The summed E-state index contributed by atoms with van der Waals surface area (Å²) in [6.45, 7) is 4.82. The van der Waals surface area contributed by atoms with Crippen molar-refractivity contribution in [1.82, 2.24) is 9.36 Å². The maximum absolute atomic E-state index is 6.00. The van der Waals surface area contributed by atoms with Gasteiger partial charge in [0.05, 0.1) is 28.9 Å². The quantitative estimate of drug-likeness (QED) is 0.820. The Hall–Kier alpha value is -1.18. The van der Waals surface area contributed by atoms with Crippen LogP contribution >= 0.6 is 22.9 Å². The monoisotopic (exact) mass is 312 g/mol. The lowest BCUT2D eigenvalue weighted by Crippen LogP contribution is -2.24. The van der Waals surface area contributed by atoms with Crippen molar-refractivity contribution >= 4 is 33.7 Å². The summed E-state index contributed by atoms with van der Waals surface area (Å²) in [5.41, 5.74) is 7.81. The molecule has 0 amide bonds. The van der Waals surface area contributed by atoms with Crippen molar-refractivity contribution in [2.24, 2.45) is 0 Å². The number of nitrogens with one attached hydrogen (secondary N) is 1. The molecular formula is C13H20N4OS2. The number of nitrogens with zero attached hydrogens (tertiary/aromatic N) is 2. The number of thiazole rings is 1. The molecular weight excluding hydrogens is 292 g/mol. The lowest BCUT2D eigenvalue weighted by atomic mass is 10.1. The fraction of sp³-hybridized carbons (Fsp3) is 0.538. The third-order valence-corrected chi connectivity index (χ3v) is 4.50. The molecule has 0 radical (unpaired) electrons. The number of hydrogen-bond donors (Lipinski definition) is 2. The summed E-state index contributed by atoms with van der Waals surface area (Å²) in [5, 5.41) is 7.51. The van der Waals surface area contributed by atoms with Gasteiger partial charge in [-0.3, -0.25) is 0 Å². The van der Waals surface area contributed by atoms with Gasteiger partial charge in [0.1, 0.15) is 10.8 Å². The minimum atomic E-state index is 0.267. The van der Waals surface area contributed by atoms with Gasteiger partial charge in [0, 0.05) is 12.5 Å². The van der Waals surface area contributed by atoms with Crippen molar-refractivity contribution in [1.29, 1.82) is 0 Å². The Labute approximate surface area is 127 Å². The third-order valence-electron chi connectivity index (χ3n) is 2.93. The number of hydrogen-bond acceptors (Lipinski definition) is 7. The molecule has 3 N–H and O–H groups in total. The van der Waals surface area contributed by atoms with Crippen molar-refractivity contribution < 1.29 is 4.74 Å². The highest BCUT2D eigenvalue weighted by molar-refractivity contribution is 7.11. The van der Waals surface area contributed by atoms with Crippen LogP contribution in [0.5, 0.6) is 0 Å². The lowest BCUT2D eigenvalue weighted by molar-refractivity contribution is 0.182. The second kappa shape index (κ2) is 7.01. The zero-order valence-corrected chi connectivity index (χ0v) is 13.6. The van der Waals surface area contributed by atoms with Crippen LogP contribution in [0.2, 0.25) is 0 Å². The van der Waals surface area contributed by atoms with Gasteiger partial charge in [0.2, 0.25) is 0 Å². The van der Waals surface area contributed by atoms with Gasteiger partial charge in [-0.1, -0.05) is 13.3 Å². The Kier molecular flexibility index (Phi) is 5.33. The van der Waals surface area contributed by atoms with Crippen molar-refractivity contribution in [3.63, 3.8) is 0 Å². The largest absolute Gasteiger partial charge is 0.383 e. The summed E-state index contributed by atoms with van der Waals surface area (Å²) in [6, 6.07) is 0.267. The molecule has 20 heavy (non-hydrogen) atoms. The molecule has 7 heteroatoms. The summed E-state index contributed by atoms with van der Waals surface area (Å²) < 4.78 is 9.52. The SMILES string of the molecule is CCCC(COC)Nc1snc(N)c1-c1csc(C)n1. The van der Waals surface area contributed by atoms with Gasteiger partial charge >= 0.3 is 0 Å². The van der Waals surface area contributed by atoms with Crippen LogP contribution < -0.4 is 11.1 Å². The molecule has 1 atom stereocenters. The highest BCUT2D eigenvalue weighted by Gasteiger charge is 2.18. The van der Waals surface area contributed by atoms with Gasteiger partial charge < -0.3 is 15.8 Å². The Morgan fingerprint density at radius 2 is 2.30 bits per heavy atom. The molecule has 2 heterocycles. The van der Waals surface area contributed by atoms with Crippen LogP contribution in [0, 0.1) is 6.92 Å². The molecule has 0 saturated heterocycles. The smallest absolute Gasteiger partial charge is 0.148 e. The number of nitrogen functional groups attached to an aromatic ring is 1.